The van der Waals surface area contributed by atoms with Gasteiger partial charge in [0.25, 0.3) is 0 Å². The first-order chi connectivity index (χ1) is 6.50. The zero-order valence-corrected chi connectivity index (χ0v) is 6.84. The van der Waals surface area contributed by atoms with Gasteiger partial charge in [-0.3, -0.25) is 0 Å². The molecular weight excluding hydrogens is 200 g/mol. The van der Waals surface area contributed by atoms with Crippen LogP contribution >= 0.6 is 0 Å². The molecule has 0 aliphatic carbocycles. The molecule has 0 radical (unpaired) electrons. The number of halogens is 3. The molecule has 1 heterocycles. The highest BCUT2D eigenvalue weighted by molar-refractivity contribution is 6.75. The fourth-order valence-electron chi connectivity index (χ4n) is 1.30. The molecule has 0 spiro atoms. The van der Waals surface area contributed by atoms with Crippen molar-refractivity contribution in [3.63, 3.8) is 0 Å². The maximum Gasteiger partial charge on any atom is 0.517 e. The summed E-state index contributed by atoms with van der Waals surface area (Å²) in [5.41, 5.74) is -1.13. The number of hydrogen-bond acceptors (Lipinski definition) is 3. The quantitative estimate of drug-likeness (QED) is 0.699. The molecule has 14 heavy (non-hydrogen) atoms. The SMILES string of the molecule is Oc1ccc2c(c1[B-](F)(F)F)OCO2. The second-order valence-corrected chi connectivity index (χ2v) is 2.81. The molecule has 0 atom stereocenters. The van der Waals surface area contributed by atoms with Crippen molar-refractivity contribution in [2.45, 2.75) is 0 Å². The number of rotatable bonds is 1. The van der Waals surface area contributed by atoms with Gasteiger partial charge in [-0.2, -0.15) is 0 Å². The molecule has 0 unspecified atom stereocenters. The van der Waals surface area contributed by atoms with E-state index in [4.69, 9.17) is 9.84 Å². The summed E-state index contributed by atoms with van der Waals surface area (Å²) >= 11 is 0. The van der Waals surface area contributed by atoms with Gasteiger partial charge >= 0.3 is 6.98 Å². The van der Waals surface area contributed by atoms with Gasteiger partial charge in [0.05, 0.1) is 5.75 Å². The van der Waals surface area contributed by atoms with Crippen molar-refractivity contribution in [1.29, 1.82) is 0 Å². The Balaban J connectivity index is 2.63. The number of phenolic OH excluding ortho intramolecular Hbond substituents is 1. The average Bonchev–Trinajstić information content (AvgIpc) is 2.48. The van der Waals surface area contributed by atoms with Gasteiger partial charge in [0.1, 0.15) is 5.75 Å². The Morgan fingerprint density at radius 2 is 1.93 bits per heavy atom. The van der Waals surface area contributed by atoms with Gasteiger partial charge in [-0.25, -0.2) is 0 Å². The summed E-state index contributed by atoms with van der Waals surface area (Å²) in [6.07, 6.45) is 0. The summed E-state index contributed by atoms with van der Waals surface area (Å²) in [7, 11) is 0. The van der Waals surface area contributed by atoms with Gasteiger partial charge in [0, 0.05) is 0 Å². The summed E-state index contributed by atoms with van der Waals surface area (Å²) in [5, 5.41) is 9.07. The van der Waals surface area contributed by atoms with Gasteiger partial charge < -0.3 is 27.5 Å². The van der Waals surface area contributed by atoms with Crippen molar-refractivity contribution in [2.24, 2.45) is 0 Å². The molecule has 1 aromatic carbocycles. The fraction of sp³-hybridized carbons (Fsp3) is 0.143. The van der Waals surface area contributed by atoms with E-state index in [1.807, 2.05) is 0 Å². The minimum Gasteiger partial charge on any atom is -0.511 e. The van der Waals surface area contributed by atoms with E-state index < -0.39 is 23.9 Å². The lowest BCUT2D eigenvalue weighted by molar-refractivity contribution is 0.174. The molecule has 1 aliphatic rings. The molecule has 1 aliphatic heterocycles. The zero-order chi connectivity index (χ0) is 10.3. The number of phenols is 1. The lowest BCUT2D eigenvalue weighted by atomic mass is 9.78. The van der Waals surface area contributed by atoms with E-state index in [0.29, 0.717) is 0 Å². The second kappa shape index (κ2) is 2.73. The summed E-state index contributed by atoms with van der Waals surface area (Å²) in [4.78, 5) is 0. The lowest BCUT2D eigenvalue weighted by Crippen LogP contribution is -2.35. The summed E-state index contributed by atoms with van der Waals surface area (Å²) in [6.45, 7) is -5.55. The number of fused-ring (bicyclic) bond motifs is 1. The Labute approximate surface area is 77.1 Å². The van der Waals surface area contributed by atoms with Crippen LogP contribution in [-0.2, 0) is 0 Å². The minimum absolute atomic E-state index is 0.0111. The largest absolute Gasteiger partial charge is 0.517 e. The van der Waals surface area contributed by atoms with E-state index in [2.05, 4.69) is 4.74 Å². The predicted molar refractivity (Wildman–Crippen MR) is 42.9 cm³/mol. The summed E-state index contributed by atoms with van der Waals surface area (Å²) in [6, 6.07) is 2.18. The normalized spacial score (nSPS) is 14.5. The first-order valence-electron chi connectivity index (χ1n) is 3.81. The fourth-order valence-corrected chi connectivity index (χ4v) is 1.30. The molecule has 0 saturated carbocycles. The Morgan fingerprint density at radius 1 is 1.21 bits per heavy atom. The third kappa shape index (κ3) is 1.25. The smallest absolute Gasteiger partial charge is 0.511 e. The monoisotopic (exact) mass is 205 g/mol. The number of hydrogen-bond donors (Lipinski definition) is 1. The van der Waals surface area contributed by atoms with Crippen molar-refractivity contribution < 1.29 is 27.5 Å². The maximum atomic E-state index is 12.5. The minimum atomic E-state index is -5.30. The van der Waals surface area contributed by atoms with E-state index in [1.165, 1.54) is 6.07 Å². The van der Waals surface area contributed by atoms with Crippen molar-refractivity contribution in [3.8, 4) is 17.2 Å². The van der Waals surface area contributed by atoms with Gasteiger partial charge in [0.2, 0.25) is 6.79 Å². The van der Waals surface area contributed by atoms with Crippen LogP contribution in [0.1, 0.15) is 0 Å². The highest BCUT2D eigenvalue weighted by Crippen LogP contribution is 2.36. The van der Waals surface area contributed by atoms with Crippen molar-refractivity contribution in [3.05, 3.63) is 12.1 Å². The molecule has 3 nitrogen and oxygen atoms in total. The van der Waals surface area contributed by atoms with Crippen LogP contribution in [0.25, 0.3) is 0 Å². The third-order valence-corrected chi connectivity index (χ3v) is 1.88. The van der Waals surface area contributed by atoms with E-state index in [0.717, 1.165) is 6.07 Å². The molecule has 0 fully saturated rings. The zero-order valence-electron chi connectivity index (χ0n) is 6.84. The molecule has 0 aromatic heterocycles. The van der Waals surface area contributed by atoms with Crippen LogP contribution in [0.4, 0.5) is 12.9 Å². The Kier molecular flexibility index (Phi) is 1.76. The van der Waals surface area contributed by atoms with Crippen molar-refractivity contribution >= 4 is 12.4 Å². The van der Waals surface area contributed by atoms with Crippen molar-refractivity contribution in [2.75, 3.05) is 6.79 Å². The third-order valence-electron chi connectivity index (χ3n) is 1.88. The standard InChI is InChI=1S/C7H5BF3O3/c9-8(10,11)6-4(12)1-2-5-7(6)14-3-13-5/h1-2,12H,3H2/q-1. The van der Waals surface area contributed by atoms with Crippen LogP contribution in [-0.4, -0.2) is 18.9 Å². The highest BCUT2D eigenvalue weighted by atomic mass is 19.4. The summed E-state index contributed by atoms with van der Waals surface area (Å²) < 4.78 is 46.8. The number of ether oxygens (including phenoxy) is 2. The first kappa shape index (κ1) is 9.05. The molecule has 2 rings (SSSR count). The molecule has 0 bridgehead atoms. The van der Waals surface area contributed by atoms with Gasteiger partial charge in [-0.1, -0.05) is 0 Å². The number of benzene rings is 1. The highest BCUT2D eigenvalue weighted by Gasteiger charge is 2.35. The van der Waals surface area contributed by atoms with Crippen LogP contribution < -0.4 is 14.9 Å². The second-order valence-electron chi connectivity index (χ2n) is 2.81. The molecular formula is C7H5BF3O3-. The molecule has 0 amide bonds. The Hall–Kier alpha value is -1.53. The summed E-state index contributed by atoms with van der Waals surface area (Å²) in [5.74, 6) is -1.24. The van der Waals surface area contributed by atoms with Crippen LogP contribution in [0.3, 0.4) is 0 Å². The van der Waals surface area contributed by atoms with Crippen LogP contribution in [0.5, 0.6) is 17.2 Å². The Morgan fingerprint density at radius 3 is 2.57 bits per heavy atom. The first-order valence-corrected chi connectivity index (χ1v) is 3.81. The average molecular weight is 205 g/mol. The topological polar surface area (TPSA) is 38.7 Å². The molecule has 1 aromatic rings. The predicted octanol–water partition coefficient (Wildman–Crippen LogP) is 1.18. The van der Waals surface area contributed by atoms with Gasteiger partial charge in [0.15, 0.2) is 5.75 Å². The molecule has 7 heteroatoms. The molecule has 0 saturated heterocycles. The van der Waals surface area contributed by atoms with E-state index in [1.54, 1.807) is 0 Å². The van der Waals surface area contributed by atoms with Crippen molar-refractivity contribution in [1.82, 2.24) is 0 Å². The lowest BCUT2D eigenvalue weighted by Gasteiger charge is -2.18. The van der Waals surface area contributed by atoms with E-state index >= 15 is 0 Å². The van der Waals surface area contributed by atoms with E-state index in [-0.39, 0.29) is 12.5 Å². The number of aromatic hydroxyl groups is 1. The maximum absolute atomic E-state index is 12.5. The van der Waals surface area contributed by atoms with Gasteiger partial charge in [-0.15, -0.1) is 0 Å². The Bertz CT molecular complexity index is 377. The van der Waals surface area contributed by atoms with E-state index in [9.17, 15) is 12.9 Å². The molecule has 76 valence electrons. The molecule has 1 N–H and O–H groups in total. The van der Waals surface area contributed by atoms with Crippen LogP contribution in [0.2, 0.25) is 0 Å². The van der Waals surface area contributed by atoms with Gasteiger partial charge in [-0.05, 0) is 17.6 Å². The van der Waals surface area contributed by atoms with Crippen LogP contribution in [0.15, 0.2) is 12.1 Å². The van der Waals surface area contributed by atoms with Crippen LogP contribution in [0, 0.1) is 0 Å².